The molecule has 17 heavy (non-hydrogen) atoms. The van der Waals surface area contributed by atoms with E-state index in [0.717, 1.165) is 16.7 Å². The Morgan fingerprint density at radius 1 is 1.35 bits per heavy atom. The summed E-state index contributed by atoms with van der Waals surface area (Å²) in [5.41, 5.74) is 8.16. The Morgan fingerprint density at radius 2 is 1.94 bits per heavy atom. The fraction of sp³-hybridized carbons (Fsp3) is 0.571. The van der Waals surface area contributed by atoms with Gasteiger partial charge in [-0.2, -0.15) is 0 Å². The Hall–Kier alpha value is -0.540. The molecular formula is C14H23BrN2. The Balaban J connectivity index is 2.81. The Labute approximate surface area is 113 Å². The van der Waals surface area contributed by atoms with Crippen LogP contribution in [0.1, 0.15) is 33.3 Å². The van der Waals surface area contributed by atoms with Crippen molar-refractivity contribution in [3.05, 3.63) is 28.2 Å². The van der Waals surface area contributed by atoms with E-state index in [1.165, 1.54) is 5.56 Å². The van der Waals surface area contributed by atoms with Crippen LogP contribution in [0.4, 0.5) is 5.69 Å². The van der Waals surface area contributed by atoms with Gasteiger partial charge in [0.15, 0.2) is 0 Å². The van der Waals surface area contributed by atoms with Gasteiger partial charge in [-0.1, -0.05) is 36.7 Å². The van der Waals surface area contributed by atoms with E-state index in [1.807, 2.05) is 18.2 Å². The van der Waals surface area contributed by atoms with E-state index in [2.05, 4.69) is 55.6 Å². The summed E-state index contributed by atoms with van der Waals surface area (Å²) in [7, 11) is 2.16. The molecule has 1 unspecified atom stereocenters. The topological polar surface area (TPSA) is 29.3 Å². The predicted octanol–water partition coefficient (Wildman–Crippen LogP) is 3.90. The van der Waals surface area contributed by atoms with Crippen molar-refractivity contribution >= 4 is 21.6 Å². The zero-order valence-electron chi connectivity index (χ0n) is 11.4. The summed E-state index contributed by atoms with van der Waals surface area (Å²) >= 11 is 3.58. The van der Waals surface area contributed by atoms with Crippen molar-refractivity contribution in [3.8, 4) is 0 Å². The van der Waals surface area contributed by atoms with Gasteiger partial charge < -0.3 is 5.73 Å². The van der Waals surface area contributed by atoms with Crippen molar-refractivity contribution in [1.82, 2.24) is 4.90 Å². The number of halogens is 1. The van der Waals surface area contributed by atoms with Gasteiger partial charge in [0, 0.05) is 22.7 Å². The molecule has 1 rings (SSSR count). The van der Waals surface area contributed by atoms with Crippen molar-refractivity contribution in [2.24, 2.45) is 5.41 Å². The fourth-order valence-electron chi connectivity index (χ4n) is 1.78. The summed E-state index contributed by atoms with van der Waals surface area (Å²) in [6, 6.07) is 6.48. The second kappa shape index (κ2) is 5.40. The molecule has 1 aromatic carbocycles. The number of hydrogen-bond donors (Lipinski definition) is 1. The molecule has 0 spiro atoms. The van der Waals surface area contributed by atoms with E-state index >= 15 is 0 Å². The highest BCUT2D eigenvalue weighted by Gasteiger charge is 2.24. The third-order valence-corrected chi connectivity index (χ3v) is 4.18. The van der Waals surface area contributed by atoms with Gasteiger partial charge in [0.2, 0.25) is 0 Å². The molecule has 0 fully saturated rings. The van der Waals surface area contributed by atoms with Gasteiger partial charge in [0.25, 0.3) is 0 Å². The van der Waals surface area contributed by atoms with Crippen molar-refractivity contribution in [3.63, 3.8) is 0 Å². The number of anilines is 1. The summed E-state index contributed by atoms with van der Waals surface area (Å²) in [6.07, 6.45) is 0. The number of rotatable bonds is 3. The molecule has 0 aliphatic rings. The molecule has 0 radical (unpaired) electrons. The van der Waals surface area contributed by atoms with Crippen LogP contribution in [0.3, 0.4) is 0 Å². The highest BCUT2D eigenvalue weighted by molar-refractivity contribution is 9.10. The number of nitrogens with two attached hydrogens (primary N) is 1. The van der Waals surface area contributed by atoms with Crippen LogP contribution >= 0.6 is 15.9 Å². The molecule has 0 aliphatic heterocycles. The van der Waals surface area contributed by atoms with Crippen LogP contribution in [0, 0.1) is 5.41 Å². The van der Waals surface area contributed by atoms with Crippen LogP contribution in [-0.4, -0.2) is 18.0 Å². The summed E-state index contributed by atoms with van der Waals surface area (Å²) in [5, 5.41) is 0. The molecule has 3 heteroatoms. The number of benzene rings is 1. The summed E-state index contributed by atoms with van der Waals surface area (Å²) in [6.45, 7) is 9.97. The summed E-state index contributed by atoms with van der Waals surface area (Å²) < 4.78 is 1.12. The lowest BCUT2D eigenvalue weighted by Gasteiger charge is -2.35. The fourth-order valence-corrected chi connectivity index (χ4v) is 2.15. The molecule has 2 nitrogen and oxygen atoms in total. The predicted molar refractivity (Wildman–Crippen MR) is 78.9 cm³/mol. The van der Waals surface area contributed by atoms with Gasteiger partial charge in [-0.25, -0.2) is 0 Å². The number of nitrogen functional groups attached to an aromatic ring is 1. The average Bonchev–Trinajstić information content (AvgIpc) is 2.21. The maximum Gasteiger partial charge on any atom is 0.0318 e. The highest BCUT2D eigenvalue weighted by atomic mass is 79.9. The average molecular weight is 299 g/mol. The SMILES string of the molecule is CC(N(C)Cc1cc(N)ccc1Br)C(C)(C)C. The Bertz CT molecular complexity index is 382. The quantitative estimate of drug-likeness (QED) is 0.858. The van der Waals surface area contributed by atoms with E-state index in [4.69, 9.17) is 5.73 Å². The zero-order valence-corrected chi connectivity index (χ0v) is 13.0. The first-order valence-electron chi connectivity index (χ1n) is 5.96. The van der Waals surface area contributed by atoms with Gasteiger partial charge in [-0.15, -0.1) is 0 Å². The Kier molecular flexibility index (Phi) is 4.62. The van der Waals surface area contributed by atoms with Gasteiger partial charge in [-0.3, -0.25) is 4.90 Å². The molecule has 0 aromatic heterocycles. The summed E-state index contributed by atoms with van der Waals surface area (Å²) in [4.78, 5) is 2.36. The smallest absolute Gasteiger partial charge is 0.0318 e. The van der Waals surface area contributed by atoms with Gasteiger partial charge in [0.05, 0.1) is 0 Å². The maximum absolute atomic E-state index is 5.83. The molecule has 0 bridgehead atoms. The normalized spacial score (nSPS) is 14.1. The van der Waals surface area contributed by atoms with Crippen LogP contribution in [0.15, 0.2) is 22.7 Å². The second-order valence-electron chi connectivity index (χ2n) is 5.81. The first-order valence-corrected chi connectivity index (χ1v) is 6.75. The summed E-state index contributed by atoms with van der Waals surface area (Å²) in [5.74, 6) is 0. The van der Waals surface area contributed by atoms with E-state index in [9.17, 15) is 0 Å². The molecular weight excluding hydrogens is 276 g/mol. The highest BCUT2D eigenvalue weighted by Crippen LogP contribution is 2.26. The first kappa shape index (κ1) is 14.5. The van der Waals surface area contributed by atoms with Crippen LogP contribution in [0.5, 0.6) is 0 Å². The molecule has 0 aliphatic carbocycles. The van der Waals surface area contributed by atoms with Gasteiger partial charge >= 0.3 is 0 Å². The van der Waals surface area contributed by atoms with E-state index in [0.29, 0.717) is 6.04 Å². The van der Waals surface area contributed by atoms with Crippen molar-refractivity contribution in [2.45, 2.75) is 40.3 Å². The lowest BCUT2D eigenvalue weighted by Crippen LogP contribution is -2.38. The van der Waals surface area contributed by atoms with Crippen LogP contribution in [0.25, 0.3) is 0 Å². The monoisotopic (exact) mass is 298 g/mol. The van der Waals surface area contributed by atoms with E-state index in [-0.39, 0.29) is 5.41 Å². The van der Waals surface area contributed by atoms with Gasteiger partial charge in [-0.05, 0) is 43.1 Å². The van der Waals surface area contributed by atoms with Crippen molar-refractivity contribution in [1.29, 1.82) is 0 Å². The first-order chi connectivity index (χ1) is 7.71. The van der Waals surface area contributed by atoms with Crippen LogP contribution < -0.4 is 5.73 Å². The molecule has 96 valence electrons. The molecule has 0 amide bonds. The van der Waals surface area contributed by atoms with E-state index < -0.39 is 0 Å². The second-order valence-corrected chi connectivity index (χ2v) is 6.66. The lowest BCUT2D eigenvalue weighted by atomic mass is 9.87. The molecule has 1 atom stereocenters. The maximum atomic E-state index is 5.83. The van der Waals surface area contributed by atoms with Crippen molar-refractivity contribution in [2.75, 3.05) is 12.8 Å². The minimum atomic E-state index is 0.279. The van der Waals surface area contributed by atoms with Crippen LogP contribution in [-0.2, 0) is 6.54 Å². The minimum absolute atomic E-state index is 0.279. The third kappa shape index (κ3) is 4.00. The standard InChI is InChI=1S/C14H23BrN2/c1-10(14(2,3)4)17(5)9-11-8-12(16)6-7-13(11)15/h6-8,10H,9,16H2,1-5H3. The third-order valence-electron chi connectivity index (χ3n) is 3.40. The molecule has 2 N–H and O–H groups in total. The van der Waals surface area contributed by atoms with Crippen molar-refractivity contribution < 1.29 is 0 Å². The number of nitrogens with zero attached hydrogens (tertiary/aromatic N) is 1. The lowest BCUT2D eigenvalue weighted by molar-refractivity contribution is 0.134. The molecule has 0 saturated heterocycles. The minimum Gasteiger partial charge on any atom is -0.399 e. The molecule has 0 heterocycles. The molecule has 1 aromatic rings. The Morgan fingerprint density at radius 3 is 2.47 bits per heavy atom. The number of hydrogen-bond acceptors (Lipinski definition) is 2. The molecule has 0 saturated carbocycles. The van der Waals surface area contributed by atoms with Gasteiger partial charge in [0.1, 0.15) is 0 Å². The zero-order chi connectivity index (χ0) is 13.2. The van der Waals surface area contributed by atoms with Crippen LogP contribution in [0.2, 0.25) is 0 Å². The largest absolute Gasteiger partial charge is 0.399 e. The van der Waals surface area contributed by atoms with E-state index in [1.54, 1.807) is 0 Å².